The van der Waals surface area contributed by atoms with Crippen LogP contribution in [0, 0.1) is 5.41 Å². The first kappa shape index (κ1) is 34.0. The molecule has 240 valence electrons. The van der Waals surface area contributed by atoms with Gasteiger partial charge in [-0.05, 0) is 66.5 Å². The van der Waals surface area contributed by atoms with Gasteiger partial charge in [-0.25, -0.2) is 13.1 Å². The standard InChI is InChI=1S/C35H40N6O4S/c36-33(37)30-17-14-28(15-18-30)24-39-34(42)31(13-7-12-26-8-3-1-4-9-26)40-35(43)32(19-16-27-20-22-38-23-21-27)41-46(44,45)25-29-10-5-2-6-11-29/h1-6,8-11,14-15,17-18,20-23,31-32,41H,7,12-13,16,19,24-25H2,(H3,36,37)(H,39,42)(H,40,43)/t31-,32?/m0/s1. The zero-order valence-electron chi connectivity index (χ0n) is 25.6. The quantitative estimate of drug-likeness (QED) is 0.0873. The largest absolute Gasteiger partial charge is 0.384 e. The molecule has 2 atom stereocenters. The molecule has 4 aromatic rings. The van der Waals surface area contributed by atoms with Crippen LogP contribution >= 0.6 is 0 Å². The number of amidine groups is 1. The Kier molecular flexibility index (Phi) is 12.6. The number of hydrogen-bond acceptors (Lipinski definition) is 6. The van der Waals surface area contributed by atoms with E-state index in [4.69, 9.17) is 11.1 Å². The Bertz CT molecular complexity index is 1670. The predicted molar refractivity (Wildman–Crippen MR) is 179 cm³/mol. The van der Waals surface area contributed by atoms with Gasteiger partial charge in [0.25, 0.3) is 0 Å². The number of carbonyl (C=O) groups excluding carboxylic acids is 2. The second-order valence-electron chi connectivity index (χ2n) is 11.1. The van der Waals surface area contributed by atoms with Gasteiger partial charge in [-0.1, -0.05) is 84.9 Å². The monoisotopic (exact) mass is 640 g/mol. The Hall–Kier alpha value is -4.87. The van der Waals surface area contributed by atoms with Crippen LogP contribution in [0.5, 0.6) is 0 Å². The lowest BCUT2D eigenvalue weighted by molar-refractivity contribution is -0.130. The number of nitrogens with zero attached hydrogens (tertiary/aromatic N) is 1. The van der Waals surface area contributed by atoms with E-state index in [1.165, 1.54) is 0 Å². The summed E-state index contributed by atoms with van der Waals surface area (Å²) >= 11 is 0. The highest BCUT2D eigenvalue weighted by molar-refractivity contribution is 7.88. The van der Waals surface area contributed by atoms with Crippen molar-refractivity contribution in [2.24, 2.45) is 5.73 Å². The van der Waals surface area contributed by atoms with Gasteiger partial charge in [0.05, 0.1) is 5.75 Å². The first-order valence-corrected chi connectivity index (χ1v) is 16.8. The van der Waals surface area contributed by atoms with Gasteiger partial charge in [-0.15, -0.1) is 0 Å². The number of pyridine rings is 1. The number of rotatable bonds is 17. The molecule has 46 heavy (non-hydrogen) atoms. The first-order chi connectivity index (χ1) is 22.2. The van der Waals surface area contributed by atoms with Gasteiger partial charge in [0, 0.05) is 24.5 Å². The average molecular weight is 641 g/mol. The van der Waals surface area contributed by atoms with Crippen LogP contribution in [0.2, 0.25) is 0 Å². The Morgan fingerprint density at radius 2 is 1.33 bits per heavy atom. The third-order valence-electron chi connectivity index (χ3n) is 7.47. The van der Waals surface area contributed by atoms with Gasteiger partial charge in [0.15, 0.2) is 0 Å². The number of amides is 2. The number of nitrogens with two attached hydrogens (primary N) is 1. The van der Waals surface area contributed by atoms with Crippen molar-refractivity contribution in [2.75, 3.05) is 0 Å². The number of benzene rings is 3. The lowest BCUT2D eigenvalue weighted by atomic mass is 10.0. The molecule has 0 saturated heterocycles. The number of aryl methyl sites for hydroxylation is 2. The minimum absolute atomic E-state index is 0.0466. The highest BCUT2D eigenvalue weighted by atomic mass is 32.2. The summed E-state index contributed by atoms with van der Waals surface area (Å²) in [5.74, 6) is -1.28. The summed E-state index contributed by atoms with van der Waals surface area (Å²) in [6.07, 6.45) is 5.58. The SMILES string of the molecule is N=C(N)c1ccc(CNC(=O)[C@H](CCCc2ccccc2)NC(=O)C(CCc2ccncc2)NS(=O)(=O)Cc2ccccc2)cc1. The number of carbonyl (C=O) groups is 2. The molecule has 3 aromatic carbocycles. The fraction of sp³-hybridized carbons (Fsp3) is 0.257. The molecule has 6 N–H and O–H groups in total. The summed E-state index contributed by atoms with van der Waals surface area (Å²) in [5.41, 5.74) is 9.54. The summed E-state index contributed by atoms with van der Waals surface area (Å²) in [7, 11) is -3.90. The van der Waals surface area contributed by atoms with Crippen LogP contribution in [-0.4, -0.2) is 43.1 Å². The van der Waals surface area contributed by atoms with Crippen molar-refractivity contribution in [1.82, 2.24) is 20.3 Å². The molecular weight excluding hydrogens is 600 g/mol. The highest BCUT2D eigenvalue weighted by Gasteiger charge is 2.28. The van der Waals surface area contributed by atoms with E-state index in [1.54, 1.807) is 67.0 Å². The molecule has 0 aliphatic carbocycles. The Morgan fingerprint density at radius 1 is 0.717 bits per heavy atom. The van der Waals surface area contributed by atoms with Gasteiger partial charge >= 0.3 is 0 Å². The minimum Gasteiger partial charge on any atom is -0.384 e. The fourth-order valence-electron chi connectivity index (χ4n) is 4.97. The smallest absolute Gasteiger partial charge is 0.242 e. The summed E-state index contributed by atoms with van der Waals surface area (Å²) < 4.78 is 29.0. The van der Waals surface area contributed by atoms with Crippen molar-refractivity contribution in [1.29, 1.82) is 5.41 Å². The maximum Gasteiger partial charge on any atom is 0.242 e. The molecule has 1 unspecified atom stereocenters. The molecule has 0 fully saturated rings. The van der Waals surface area contributed by atoms with Crippen LogP contribution in [0.25, 0.3) is 0 Å². The first-order valence-electron chi connectivity index (χ1n) is 15.2. The van der Waals surface area contributed by atoms with Crippen LogP contribution in [-0.2, 0) is 44.8 Å². The summed E-state index contributed by atoms with van der Waals surface area (Å²) in [5, 5.41) is 13.3. The Labute approximate surface area is 270 Å². The van der Waals surface area contributed by atoms with Crippen molar-refractivity contribution in [3.8, 4) is 0 Å². The predicted octanol–water partition coefficient (Wildman–Crippen LogP) is 3.61. The normalized spacial score (nSPS) is 12.5. The van der Waals surface area contributed by atoms with Crippen molar-refractivity contribution >= 4 is 27.7 Å². The van der Waals surface area contributed by atoms with Gasteiger partial charge in [0.2, 0.25) is 21.8 Å². The molecule has 4 rings (SSSR count). The van der Waals surface area contributed by atoms with E-state index < -0.39 is 28.0 Å². The number of aromatic nitrogens is 1. The molecule has 2 amide bonds. The van der Waals surface area contributed by atoms with E-state index in [0.717, 1.165) is 16.7 Å². The van der Waals surface area contributed by atoms with Gasteiger partial charge in [-0.3, -0.25) is 20.0 Å². The van der Waals surface area contributed by atoms with Gasteiger partial charge in [-0.2, -0.15) is 0 Å². The Balaban J connectivity index is 1.48. The van der Waals surface area contributed by atoms with Crippen LogP contribution in [0.1, 0.15) is 47.1 Å². The molecule has 0 aliphatic heterocycles. The van der Waals surface area contributed by atoms with E-state index in [1.807, 2.05) is 42.5 Å². The van der Waals surface area contributed by atoms with Crippen LogP contribution < -0.4 is 21.1 Å². The molecule has 0 saturated carbocycles. The van der Waals surface area contributed by atoms with E-state index >= 15 is 0 Å². The molecule has 1 heterocycles. The summed E-state index contributed by atoms with van der Waals surface area (Å²) in [6, 6.07) is 27.2. The van der Waals surface area contributed by atoms with Crippen molar-refractivity contribution in [3.05, 3.63) is 137 Å². The highest BCUT2D eigenvalue weighted by Crippen LogP contribution is 2.12. The molecule has 0 spiro atoms. The maximum absolute atomic E-state index is 13.8. The zero-order valence-corrected chi connectivity index (χ0v) is 26.4. The summed E-state index contributed by atoms with van der Waals surface area (Å²) in [6.45, 7) is 0.206. The maximum atomic E-state index is 13.8. The molecule has 0 radical (unpaired) electrons. The van der Waals surface area contributed by atoms with Crippen molar-refractivity contribution < 1.29 is 18.0 Å². The zero-order chi connectivity index (χ0) is 32.8. The fourth-order valence-corrected chi connectivity index (χ4v) is 6.34. The van der Waals surface area contributed by atoms with E-state index in [2.05, 4.69) is 20.3 Å². The number of nitrogens with one attached hydrogen (secondary N) is 4. The molecule has 11 heteroatoms. The molecule has 0 aliphatic rings. The Morgan fingerprint density at radius 3 is 1.96 bits per heavy atom. The molecule has 1 aromatic heterocycles. The van der Waals surface area contributed by atoms with Crippen LogP contribution in [0.3, 0.4) is 0 Å². The lowest BCUT2D eigenvalue weighted by Crippen LogP contribution is -2.53. The minimum atomic E-state index is -3.90. The van der Waals surface area contributed by atoms with E-state index in [9.17, 15) is 18.0 Å². The lowest BCUT2D eigenvalue weighted by Gasteiger charge is -2.23. The van der Waals surface area contributed by atoms with Crippen molar-refractivity contribution in [2.45, 2.75) is 56.5 Å². The van der Waals surface area contributed by atoms with E-state index in [-0.39, 0.29) is 30.5 Å². The van der Waals surface area contributed by atoms with Crippen molar-refractivity contribution in [3.63, 3.8) is 0 Å². The topological polar surface area (TPSA) is 167 Å². The third kappa shape index (κ3) is 11.2. The second-order valence-corrected chi connectivity index (χ2v) is 12.8. The molecular formula is C35H40N6O4S. The number of hydrogen-bond donors (Lipinski definition) is 5. The number of nitrogen functional groups attached to an aromatic ring is 1. The number of sulfonamides is 1. The van der Waals surface area contributed by atoms with E-state index in [0.29, 0.717) is 36.8 Å². The van der Waals surface area contributed by atoms with Crippen LogP contribution in [0.4, 0.5) is 0 Å². The van der Waals surface area contributed by atoms with Crippen LogP contribution in [0.15, 0.2) is 109 Å². The third-order valence-corrected chi connectivity index (χ3v) is 8.83. The summed E-state index contributed by atoms with van der Waals surface area (Å²) in [4.78, 5) is 31.3. The average Bonchev–Trinajstić information content (AvgIpc) is 3.06. The molecule has 0 bridgehead atoms. The van der Waals surface area contributed by atoms with Gasteiger partial charge < -0.3 is 16.4 Å². The van der Waals surface area contributed by atoms with Gasteiger partial charge in [0.1, 0.15) is 17.9 Å². The molecule has 10 nitrogen and oxygen atoms in total. The second kappa shape index (κ2) is 17.0.